The second kappa shape index (κ2) is 7.07. The molecule has 2 rings (SSSR count). The molecule has 0 aliphatic rings. The van der Waals surface area contributed by atoms with Gasteiger partial charge in [-0.2, -0.15) is 11.8 Å². The maximum Gasteiger partial charge on any atom is 0.0705 e. The maximum absolute atomic E-state index is 5.98. The summed E-state index contributed by atoms with van der Waals surface area (Å²) in [6.45, 7) is 3.70. The van der Waals surface area contributed by atoms with E-state index in [0.29, 0.717) is 6.54 Å². The summed E-state index contributed by atoms with van der Waals surface area (Å²) in [5.74, 6) is 1.13. The molecule has 0 saturated heterocycles. The topological polar surface area (TPSA) is 42.1 Å². The Morgan fingerprint density at radius 1 is 1.30 bits per heavy atom. The van der Waals surface area contributed by atoms with Gasteiger partial charge in [-0.25, -0.2) is 0 Å². The summed E-state index contributed by atoms with van der Waals surface area (Å²) in [7, 11) is 2.14. The molecule has 3 nitrogen and oxygen atoms in total. The van der Waals surface area contributed by atoms with Gasteiger partial charge in [-0.3, -0.25) is 9.88 Å². The Balaban J connectivity index is 2.27. The molecule has 1 heterocycles. The summed E-state index contributed by atoms with van der Waals surface area (Å²) in [5.41, 5.74) is 9.36. The van der Waals surface area contributed by atoms with Crippen molar-refractivity contribution < 1.29 is 0 Å². The van der Waals surface area contributed by atoms with Crippen LogP contribution in [0.4, 0.5) is 0 Å². The Labute approximate surface area is 125 Å². The van der Waals surface area contributed by atoms with Crippen LogP contribution in [0.2, 0.25) is 0 Å². The van der Waals surface area contributed by atoms with Crippen molar-refractivity contribution in [2.24, 2.45) is 5.73 Å². The summed E-state index contributed by atoms with van der Waals surface area (Å²) >= 11 is 1.86. The average molecular weight is 289 g/mol. The van der Waals surface area contributed by atoms with Crippen LogP contribution >= 0.6 is 11.8 Å². The van der Waals surface area contributed by atoms with Gasteiger partial charge in [0.05, 0.1) is 5.52 Å². The van der Waals surface area contributed by atoms with E-state index in [-0.39, 0.29) is 6.04 Å². The van der Waals surface area contributed by atoms with Gasteiger partial charge in [0.1, 0.15) is 0 Å². The molecular formula is C16H23N3S. The Morgan fingerprint density at radius 3 is 2.80 bits per heavy atom. The minimum absolute atomic E-state index is 0.271. The van der Waals surface area contributed by atoms with E-state index in [2.05, 4.69) is 53.5 Å². The third-order valence-electron chi connectivity index (χ3n) is 3.64. The van der Waals surface area contributed by atoms with E-state index in [9.17, 15) is 0 Å². The van der Waals surface area contributed by atoms with Crippen molar-refractivity contribution in [2.45, 2.75) is 13.0 Å². The lowest BCUT2D eigenvalue weighted by atomic mass is 10.0. The smallest absolute Gasteiger partial charge is 0.0705 e. The van der Waals surface area contributed by atoms with Crippen LogP contribution in [0.5, 0.6) is 0 Å². The Bertz CT molecular complexity index is 571. The fourth-order valence-electron chi connectivity index (χ4n) is 2.41. The number of pyridine rings is 1. The van der Waals surface area contributed by atoms with Crippen LogP contribution in [0.1, 0.15) is 17.3 Å². The first kappa shape index (κ1) is 15.3. The van der Waals surface area contributed by atoms with Gasteiger partial charge < -0.3 is 5.73 Å². The molecular weight excluding hydrogens is 266 g/mol. The number of likely N-dealkylation sites (N-methyl/N-ethyl adjacent to an activating group) is 1. The number of benzene rings is 1. The van der Waals surface area contributed by atoms with Gasteiger partial charge in [0.2, 0.25) is 0 Å². The molecule has 20 heavy (non-hydrogen) atoms. The molecule has 0 amide bonds. The van der Waals surface area contributed by atoms with E-state index >= 15 is 0 Å². The first-order chi connectivity index (χ1) is 9.65. The Morgan fingerprint density at radius 2 is 2.10 bits per heavy atom. The normalized spacial score (nSPS) is 13.1. The SMILES string of the molecule is CSCCN(C)C(CN)c1ccc2nc(C)ccc2c1. The van der Waals surface area contributed by atoms with E-state index in [0.717, 1.165) is 23.5 Å². The monoisotopic (exact) mass is 289 g/mol. The first-order valence-electron chi connectivity index (χ1n) is 6.92. The van der Waals surface area contributed by atoms with Crippen molar-refractivity contribution in [2.75, 3.05) is 32.1 Å². The largest absolute Gasteiger partial charge is 0.329 e. The van der Waals surface area contributed by atoms with Gasteiger partial charge in [0, 0.05) is 36.0 Å². The Kier molecular flexibility index (Phi) is 5.40. The van der Waals surface area contributed by atoms with Gasteiger partial charge >= 0.3 is 0 Å². The minimum atomic E-state index is 0.271. The van der Waals surface area contributed by atoms with Crippen LogP contribution in [-0.2, 0) is 0 Å². The highest BCUT2D eigenvalue weighted by Gasteiger charge is 2.15. The second-order valence-corrected chi connectivity index (χ2v) is 6.12. The van der Waals surface area contributed by atoms with Crippen molar-refractivity contribution in [3.8, 4) is 0 Å². The zero-order chi connectivity index (χ0) is 14.5. The lowest BCUT2D eigenvalue weighted by molar-refractivity contribution is 0.266. The summed E-state index contributed by atoms with van der Waals surface area (Å²) in [6, 6.07) is 10.9. The zero-order valence-corrected chi connectivity index (χ0v) is 13.3. The molecule has 0 aliphatic carbocycles. The van der Waals surface area contributed by atoms with Crippen LogP contribution in [-0.4, -0.2) is 42.0 Å². The van der Waals surface area contributed by atoms with E-state index in [4.69, 9.17) is 5.73 Å². The van der Waals surface area contributed by atoms with Crippen molar-refractivity contribution in [1.29, 1.82) is 0 Å². The van der Waals surface area contributed by atoms with E-state index in [1.807, 2.05) is 18.7 Å². The van der Waals surface area contributed by atoms with Gasteiger partial charge in [-0.1, -0.05) is 12.1 Å². The summed E-state index contributed by atoms with van der Waals surface area (Å²) in [5, 5.41) is 1.19. The van der Waals surface area contributed by atoms with Crippen LogP contribution in [0.25, 0.3) is 10.9 Å². The van der Waals surface area contributed by atoms with Crippen molar-refractivity contribution in [1.82, 2.24) is 9.88 Å². The highest BCUT2D eigenvalue weighted by atomic mass is 32.2. The molecule has 0 radical (unpaired) electrons. The summed E-state index contributed by atoms with van der Waals surface area (Å²) in [4.78, 5) is 6.88. The molecule has 108 valence electrons. The number of nitrogens with zero attached hydrogens (tertiary/aromatic N) is 2. The maximum atomic E-state index is 5.98. The number of hydrogen-bond donors (Lipinski definition) is 1. The molecule has 1 atom stereocenters. The van der Waals surface area contributed by atoms with Crippen LogP contribution < -0.4 is 5.73 Å². The molecule has 0 bridgehead atoms. The minimum Gasteiger partial charge on any atom is -0.329 e. The van der Waals surface area contributed by atoms with Gasteiger partial charge in [0.15, 0.2) is 0 Å². The van der Waals surface area contributed by atoms with E-state index < -0.39 is 0 Å². The molecule has 1 aromatic heterocycles. The molecule has 1 aromatic carbocycles. The number of nitrogens with two attached hydrogens (primary N) is 1. The van der Waals surface area contributed by atoms with Crippen LogP contribution in [0.3, 0.4) is 0 Å². The van der Waals surface area contributed by atoms with Crippen LogP contribution in [0, 0.1) is 6.92 Å². The zero-order valence-electron chi connectivity index (χ0n) is 12.5. The highest BCUT2D eigenvalue weighted by Crippen LogP contribution is 2.23. The number of fused-ring (bicyclic) bond motifs is 1. The predicted molar refractivity (Wildman–Crippen MR) is 89.3 cm³/mol. The predicted octanol–water partition coefficient (Wildman–Crippen LogP) is 2.84. The fraction of sp³-hybridized carbons (Fsp3) is 0.438. The molecule has 0 spiro atoms. The third-order valence-corrected chi connectivity index (χ3v) is 4.23. The first-order valence-corrected chi connectivity index (χ1v) is 8.31. The average Bonchev–Trinajstić information content (AvgIpc) is 2.46. The quantitative estimate of drug-likeness (QED) is 0.888. The molecule has 0 fully saturated rings. The molecule has 2 aromatic rings. The number of thioether (sulfide) groups is 1. The number of aryl methyl sites for hydroxylation is 1. The Hall–Kier alpha value is -1.10. The van der Waals surface area contributed by atoms with Crippen molar-refractivity contribution >= 4 is 22.7 Å². The lowest BCUT2D eigenvalue weighted by Gasteiger charge is -2.27. The molecule has 0 saturated carbocycles. The van der Waals surface area contributed by atoms with E-state index in [1.165, 1.54) is 10.9 Å². The van der Waals surface area contributed by atoms with E-state index in [1.54, 1.807) is 0 Å². The van der Waals surface area contributed by atoms with Gasteiger partial charge in [-0.05, 0) is 44.0 Å². The number of rotatable bonds is 6. The molecule has 4 heteroatoms. The van der Waals surface area contributed by atoms with Gasteiger partial charge in [-0.15, -0.1) is 0 Å². The van der Waals surface area contributed by atoms with Crippen molar-refractivity contribution in [3.63, 3.8) is 0 Å². The fourth-order valence-corrected chi connectivity index (χ4v) is 2.89. The summed E-state index contributed by atoms with van der Waals surface area (Å²) in [6.07, 6.45) is 2.13. The molecule has 1 unspecified atom stereocenters. The molecule has 0 aliphatic heterocycles. The van der Waals surface area contributed by atoms with Crippen LogP contribution in [0.15, 0.2) is 30.3 Å². The van der Waals surface area contributed by atoms with Crippen molar-refractivity contribution in [3.05, 3.63) is 41.6 Å². The second-order valence-electron chi connectivity index (χ2n) is 5.13. The third kappa shape index (κ3) is 3.51. The standard InChI is InChI=1S/C16H23N3S/c1-12-4-5-13-10-14(6-7-15(13)18-12)16(11-17)19(2)8-9-20-3/h4-7,10,16H,8-9,11,17H2,1-3H3. The lowest BCUT2D eigenvalue weighted by Crippen LogP contribution is -2.32. The molecule has 2 N–H and O–H groups in total. The number of hydrogen-bond acceptors (Lipinski definition) is 4. The highest BCUT2D eigenvalue weighted by molar-refractivity contribution is 7.98. The summed E-state index contributed by atoms with van der Waals surface area (Å²) < 4.78 is 0. The van der Waals surface area contributed by atoms with Gasteiger partial charge in [0.25, 0.3) is 0 Å². The number of aromatic nitrogens is 1.